The Morgan fingerprint density at radius 3 is 3.00 bits per heavy atom. The summed E-state index contributed by atoms with van der Waals surface area (Å²) >= 11 is 0. The summed E-state index contributed by atoms with van der Waals surface area (Å²) in [5.41, 5.74) is 0.941. The maximum atomic E-state index is 8.64. The molecule has 0 radical (unpaired) electrons. The predicted molar refractivity (Wildman–Crippen MR) is 41.0 cm³/mol. The highest BCUT2D eigenvalue weighted by Crippen LogP contribution is 2.06. The summed E-state index contributed by atoms with van der Waals surface area (Å²) in [4.78, 5) is 0. The fourth-order valence-electron chi connectivity index (χ4n) is 0.906. The number of aromatic nitrogens is 1. The van der Waals surface area contributed by atoms with E-state index in [9.17, 15) is 0 Å². The third kappa shape index (κ3) is 2.35. The molecule has 0 aliphatic heterocycles. The molecule has 0 spiro atoms. The zero-order chi connectivity index (χ0) is 8.10. The molecule has 3 heteroatoms. The van der Waals surface area contributed by atoms with E-state index in [1.54, 1.807) is 6.07 Å². The van der Waals surface area contributed by atoms with Gasteiger partial charge in [-0.15, -0.1) is 0 Å². The summed E-state index contributed by atoms with van der Waals surface area (Å²) in [5.74, 6) is 0.552. The number of aliphatic hydroxyl groups is 1. The van der Waals surface area contributed by atoms with Gasteiger partial charge in [-0.1, -0.05) is 18.5 Å². The van der Waals surface area contributed by atoms with Gasteiger partial charge in [0, 0.05) is 6.07 Å². The smallest absolute Gasteiger partial charge is 0.162 e. The fraction of sp³-hybridized carbons (Fsp3) is 0.625. The van der Waals surface area contributed by atoms with Gasteiger partial charge in [-0.25, -0.2) is 0 Å². The lowest BCUT2D eigenvalue weighted by Gasteiger charge is -1.88. The summed E-state index contributed by atoms with van der Waals surface area (Å²) in [7, 11) is 0. The molecule has 1 heterocycles. The molecular weight excluding hydrogens is 142 g/mol. The molecule has 0 amide bonds. The Kier molecular flexibility index (Phi) is 3.11. The van der Waals surface area contributed by atoms with E-state index in [2.05, 4.69) is 12.1 Å². The Labute approximate surface area is 66.0 Å². The Hall–Kier alpha value is -0.830. The third-order valence-electron chi connectivity index (χ3n) is 1.55. The van der Waals surface area contributed by atoms with Gasteiger partial charge in [0.25, 0.3) is 0 Å². The average molecular weight is 155 g/mol. The molecule has 1 aromatic rings. The molecule has 0 aromatic carbocycles. The number of hydrogen-bond acceptors (Lipinski definition) is 3. The van der Waals surface area contributed by atoms with E-state index in [-0.39, 0.29) is 6.61 Å². The third-order valence-corrected chi connectivity index (χ3v) is 1.55. The minimum atomic E-state index is -0.0564. The maximum absolute atomic E-state index is 8.64. The highest BCUT2D eigenvalue weighted by atomic mass is 16.5. The van der Waals surface area contributed by atoms with Crippen molar-refractivity contribution in [3.8, 4) is 0 Å². The van der Waals surface area contributed by atoms with Crippen LogP contribution in [0.2, 0.25) is 0 Å². The van der Waals surface area contributed by atoms with Gasteiger partial charge in [-0.05, 0) is 12.8 Å². The minimum absolute atomic E-state index is 0.0564. The van der Waals surface area contributed by atoms with E-state index in [0.29, 0.717) is 5.76 Å². The molecule has 0 saturated heterocycles. The van der Waals surface area contributed by atoms with Crippen LogP contribution in [0.4, 0.5) is 0 Å². The largest absolute Gasteiger partial charge is 0.388 e. The highest BCUT2D eigenvalue weighted by molar-refractivity contribution is 5.04. The van der Waals surface area contributed by atoms with E-state index >= 15 is 0 Å². The van der Waals surface area contributed by atoms with Crippen LogP contribution < -0.4 is 0 Å². The summed E-state index contributed by atoms with van der Waals surface area (Å²) < 4.78 is 4.81. The lowest BCUT2D eigenvalue weighted by Crippen LogP contribution is -1.82. The quantitative estimate of drug-likeness (QED) is 0.716. The van der Waals surface area contributed by atoms with Crippen LogP contribution in [-0.4, -0.2) is 10.3 Å². The maximum Gasteiger partial charge on any atom is 0.162 e. The van der Waals surface area contributed by atoms with Crippen molar-refractivity contribution in [3.05, 3.63) is 17.5 Å². The van der Waals surface area contributed by atoms with Crippen LogP contribution in [-0.2, 0) is 13.0 Å². The minimum Gasteiger partial charge on any atom is -0.388 e. The van der Waals surface area contributed by atoms with Crippen LogP contribution in [0.3, 0.4) is 0 Å². The van der Waals surface area contributed by atoms with E-state index < -0.39 is 0 Å². The zero-order valence-corrected chi connectivity index (χ0v) is 6.71. The normalized spacial score (nSPS) is 10.4. The first-order valence-corrected chi connectivity index (χ1v) is 3.92. The summed E-state index contributed by atoms with van der Waals surface area (Å²) in [5, 5.41) is 12.4. The van der Waals surface area contributed by atoms with E-state index in [1.807, 2.05) is 0 Å². The Morgan fingerprint density at radius 2 is 2.45 bits per heavy atom. The molecule has 0 aliphatic carbocycles. The van der Waals surface area contributed by atoms with Crippen LogP contribution >= 0.6 is 0 Å². The second-order valence-corrected chi connectivity index (χ2v) is 2.55. The van der Waals surface area contributed by atoms with Gasteiger partial charge in [-0.2, -0.15) is 0 Å². The Bertz CT molecular complexity index is 208. The number of unbranched alkanes of at least 4 members (excludes halogenated alkanes) is 1. The number of aryl methyl sites for hydroxylation is 1. The van der Waals surface area contributed by atoms with Crippen molar-refractivity contribution in [2.24, 2.45) is 0 Å². The van der Waals surface area contributed by atoms with Crippen molar-refractivity contribution in [1.82, 2.24) is 5.16 Å². The SMILES string of the molecule is CCCCc1cc(CO)on1. The molecule has 1 N–H and O–H groups in total. The van der Waals surface area contributed by atoms with Gasteiger partial charge in [0.15, 0.2) is 5.76 Å². The summed E-state index contributed by atoms with van der Waals surface area (Å²) in [6.45, 7) is 2.08. The molecule has 11 heavy (non-hydrogen) atoms. The van der Waals surface area contributed by atoms with Gasteiger partial charge in [0.1, 0.15) is 6.61 Å². The lowest BCUT2D eigenvalue weighted by molar-refractivity contribution is 0.228. The van der Waals surface area contributed by atoms with E-state index in [4.69, 9.17) is 9.63 Å². The number of aliphatic hydroxyl groups excluding tert-OH is 1. The molecule has 0 fully saturated rings. The van der Waals surface area contributed by atoms with Crippen molar-refractivity contribution in [1.29, 1.82) is 0 Å². The second kappa shape index (κ2) is 4.13. The van der Waals surface area contributed by atoms with Crippen molar-refractivity contribution in [2.45, 2.75) is 32.8 Å². The molecule has 1 rings (SSSR count). The van der Waals surface area contributed by atoms with Crippen LogP contribution in [0.15, 0.2) is 10.6 Å². The summed E-state index contributed by atoms with van der Waals surface area (Å²) in [6.07, 6.45) is 3.22. The monoisotopic (exact) mass is 155 g/mol. The molecular formula is C8H13NO2. The first kappa shape index (κ1) is 8.27. The van der Waals surface area contributed by atoms with E-state index in [0.717, 1.165) is 25.0 Å². The molecule has 62 valence electrons. The molecule has 0 saturated carbocycles. The van der Waals surface area contributed by atoms with Crippen LogP contribution in [0, 0.1) is 0 Å². The Balaban J connectivity index is 2.44. The fourth-order valence-corrected chi connectivity index (χ4v) is 0.906. The van der Waals surface area contributed by atoms with Crippen LogP contribution in [0.25, 0.3) is 0 Å². The number of hydrogen-bond donors (Lipinski definition) is 1. The average Bonchev–Trinajstić information content (AvgIpc) is 2.48. The van der Waals surface area contributed by atoms with Crippen LogP contribution in [0.5, 0.6) is 0 Å². The summed E-state index contributed by atoms with van der Waals surface area (Å²) in [6, 6.07) is 1.80. The molecule has 0 bridgehead atoms. The first-order valence-electron chi connectivity index (χ1n) is 3.92. The number of rotatable bonds is 4. The van der Waals surface area contributed by atoms with Crippen molar-refractivity contribution in [2.75, 3.05) is 0 Å². The van der Waals surface area contributed by atoms with Crippen molar-refractivity contribution < 1.29 is 9.63 Å². The molecule has 1 aromatic heterocycles. The standard InChI is InChI=1S/C8H13NO2/c1-2-3-4-7-5-8(6-10)11-9-7/h5,10H,2-4,6H2,1H3. The van der Waals surface area contributed by atoms with Crippen molar-refractivity contribution >= 4 is 0 Å². The first-order chi connectivity index (χ1) is 5.36. The topological polar surface area (TPSA) is 46.3 Å². The molecule has 0 unspecified atom stereocenters. The molecule has 3 nitrogen and oxygen atoms in total. The highest BCUT2D eigenvalue weighted by Gasteiger charge is 2.00. The Morgan fingerprint density at radius 1 is 1.64 bits per heavy atom. The van der Waals surface area contributed by atoms with Gasteiger partial charge >= 0.3 is 0 Å². The zero-order valence-electron chi connectivity index (χ0n) is 6.71. The predicted octanol–water partition coefficient (Wildman–Crippen LogP) is 1.51. The number of nitrogens with zero attached hydrogens (tertiary/aromatic N) is 1. The van der Waals surface area contributed by atoms with Gasteiger partial charge in [0.2, 0.25) is 0 Å². The van der Waals surface area contributed by atoms with Crippen molar-refractivity contribution in [3.63, 3.8) is 0 Å². The molecule has 0 atom stereocenters. The van der Waals surface area contributed by atoms with E-state index in [1.165, 1.54) is 0 Å². The lowest BCUT2D eigenvalue weighted by atomic mass is 10.2. The van der Waals surface area contributed by atoms with Gasteiger partial charge in [0.05, 0.1) is 5.69 Å². The van der Waals surface area contributed by atoms with Crippen LogP contribution in [0.1, 0.15) is 31.2 Å². The van der Waals surface area contributed by atoms with Gasteiger partial charge < -0.3 is 9.63 Å². The second-order valence-electron chi connectivity index (χ2n) is 2.55. The van der Waals surface area contributed by atoms with Gasteiger partial charge in [-0.3, -0.25) is 0 Å². The molecule has 0 aliphatic rings.